The molecule has 10 nitrogen and oxygen atoms in total. The zero-order valence-corrected chi connectivity index (χ0v) is 21.7. The monoisotopic (exact) mass is 578 g/mol. The van der Waals surface area contributed by atoms with Crippen LogP contribution in [0.2, 0.25) is 0 Å². The third-order valence-electron chi connectivity index (χ3n) is 6.57. The topological polar surface area (TPSA) is 140 Å². The van der Waals surface area contributed by atoms with Crippen LogP contribution >= 0.6 is 0 Å². The fourth-order valence-electron chi connectivity index (χ4n) is 4.66. The van der Waals surface area contributed by atoms with Crippen molar-refractivity contribution in [3.8, 4) is 11.4 Å². The highest BCUT2D eigenvalue weighted by atomic mass is 32.2. The van der Waals surface area contributed by atoms with Gasteiger partial charge in [-0.05, 0) is 43.4 Å². The van der Waals surface area contributed by atoms with Crippen LogP contribution in [0.5, 0.6) is 0 Å². The summed E-state index contributed by atoms with van der Waals surface area (Å²) in [7, 11) is -3.30. The van der Waals surface area contributed by atoms with Crippen LogP contribution in [0.25, 0.3) is 22.2 Å². The van der Waals surface area contributed by atoms with E-state index in [0.717, 1.165) is 12.3 Å². The van der Waals surface area contributed by atoms with E-state index in [2.05, 4.69) is 20.4 Å². The molecule has 1 aliphatic heterocycles. The first-order valence-corrected chi connectivity index (χ1v) is 13.9. The van der Waals surface area contributed by atoms with Gasteiger partial charge in [-0.15, -0.1) is 0 Å². The first kappa shape index (κ1) is 27.4. The minimum absolute atomic E-state index is 0.0187. The van der Waals surface area contributed by atoms with Gasteiger partial charge in [0.2, 0.25) is 0 Å². The third kappa shape index (κ3) is 5.46. The average molecular weight is 579 g/mol. The highest BCUT2D eigenvalue weighted by Gasteiger charge is 2.37. The van der Waals surface area contributed by atoms with Crippen LogP contribution in [0.1, 0.15) is 36.6 Å². The summed E-state index contributed by atoms with van der Waals surface area (Å²) in [5, 5.41) is 8.40. The van der Waals surface area contributed by atoms with Gasteiger partial charge in [0.25, 0.3) is 11.1 Å². The van der Waals surface area contributed by atoms with Crippen LogP contribution in [0.4, 0.5) is 23.2 Å². The van der Waals surface area contributed by atoms with E-state index in [4.69, 9.17) is 0 Å². The number of hydrogen-bond donors (Lipinski definition) is 2. The number of pyridine rings is 1. The van der Waals surface area contributed by atoms with Gasteiger partial charge in [-0.2, -0.15) is 18.3 Å². The van der Waals surface area contributed by atoms with Gasteiger partial charge in [-0.25, -0.2) is 27.9 Å². The number of H-pyrrole nitrogens is 1. The first-order chi connectivity index (χ1) is 18.8. The van der Waals surface area contributed by atoms with E-state index >= 15 is 4.39 Å². The predicted molar refractivity (Wildman–Crippen MR) is 138 cm³/mol. The number of nitrogens with one attached hydrogen (secondary N) is 2. The minimum Gasteiger partial charge on any atom is -0.381 e. The number of nitrogens with zero attached hydrogens (tertiary/aromatic N) is 4. The fraction of sp³-hybridized carbons (Fsp3) is 0.320. The smallest absolute Gasteiger partial charge is 0.381 e. The number of aromatic amines is 1. The molecule has 15 heteroatoms. The Labute approximate surface area is 224 Å². The lowest BCUT2D eigenvalue weighted by molar-refractivity contribution is -0.138. The van der Waals surface area contributed by atoms with Crippen molar-refractivity contribution in [3.05, 3.63) is 80.1 Å². The molecule has 4 heterocycles. The molecule has 2 N–H and O–H groups in total. The summed E-state index contributed by atoms with van der Waals surface area (Å²) in [6, 6.07) is 3.65. The predicted octanol–water partition coefficient (Wildman–Crippen LogP) is 3.41. The number of alkyl halides is 3. The number of aromatic nitrogens is 5. The van der Waals surface area contributed by atoms with E-state index in [1.54, 1.807) is 18.1 Å². The molecule has 0 fully saturated rings. The summed E-state index contributed by atoms with van der Waals surface area (Å²) in [6.07, 6.45) is -0.317. The number of fused-ring (bicyclic) bond motifs is 2. The van der Waals surface area contributed by atoms with E-state index in [0.29, 0.717) is 29.5 Å². The number of sulfone groups is 1. The molecule has 210 valence electrons. The van der Waals surface area contributed by atoms with Gasteiger partial charge in [0.05, 0.1) is 40.0 Å². The molecule has 0 aliphatic carbocycles. The van der Waals surface area contributed by atoms with Gasteiger partial charge in [-0.1, -0.05) is 0 Å². The van der Waals surface area contributed by atoms with Crippen molar-refractivity contribution in [2.75, 3.05) is 5.32 Å². The summed E-state index contributed by atoms with van der Waals surface area (Å²) in [4.78, 5) is 33.0. The number of rotatable bonds is 7. The standard InChI is InChI=1S/C25H22F4N6O4S/c1-13(32-19-10-31-34-23(36)21(19)25(27,28)29)3-2-5-35-6-4-14-7-17(18(26)8-16(14)24(35)37)22-30-9-15-11-40(38,39)12-20(15)33-22/h4,6-10,13H,2-3,5,11-12H2,1H3,(H2,32,34,36). The maximum Gasteiger partial charge on any atom is 0.423 e. The van der Waals surface area contributed by atoms with Gasteiger partial charge >= 0.3 is 6.18 Å². The molecule has 1 aliphatic rings. The molecule has 4 aromatic rings. The Balaban J connectivity index is 1.30. The molecule has 1 unspecified atom stereocenters. The molecule has 40 heavy (non-hydrogen) atoms. The largest absolute Gasteiger partial charge is 0.423 e. The number of halogens is 4. The molecule has 0 radical (unpaired) electrons. The van der Waals surface area contributed by atoms with E-state index in [1.165, 1.54) is 23.0 Å². The Morgan fingerprint density at radius 1 is 1.18 bits per heavy atom. The van der Waals surface area contributed by atoms with Gasteiger partial charge in [-0.3, -0.25) is 9.59 Å². The zero-order valence-electron chi connectivity index (χ0n) is 20.9. The lowest BCUT2D eigenvalue weighted by Gasteiger charge is -2.18. The number of hydrogen-bond acceptors (Lipinski definition) is 8. The highest BCUT2D eigenvalue weighted by Crippen LogP contribution is 2.32. The second kappa shape index (κ2) is 10.1. The normalized spacial score (nSPS) is 15.2. The van der Waals surface area contributed by atoms with Gasteiger partial charge in [0.1, 0.15) is 11.4 Å². The van der Waals surface area contributed by atoms with E-state index in [9.17, 15) is 31.2 Å². The Morgan fingerprint density at radius 2 is 1.95 bits per heavy atom. The summed E-state index contributed by atoms with van der Waals surface area (Å²) in [5.41, 5.74) is -2.77. The van der Waals surface area contributed by atoms with Crippen molar-refractivity contribution < 1.29 is 26.0 Å². The maximum absolute atomic E-state index is 15.1. The van der Waals surface area contributed by atoms with Crippen molar-refractivity contribution in [1.29, 1.82) is 0 Å². The molecule has 1 aromatic carbocycles. The van der Waals surface area contributed by atoms with Crippen molar-refractivity contribution in [3.63, 3.8) is 0 Å². The summed E-state index contributed by atoms with van der Waals surface area (Å²) in [5.74, 6) is -1.12. The molecule has 0 amide bonds. The van der Waals surface area contributed by atoms with Crippen LogP contribution < -0.4 is 16.4 Å². The zero-order chi connectivity index (χ0) is 28.8. The second-order valence-corrected chi connectivity index (χ2v) is 11.7. The van der Waals surface area contributed by atoms with E-state index < -0.39 is 50.2 Å². The van der Waals surface area contributed by atoms with Crippen LogP contribution in [0, 0.1) is 5.82 Å². The fourth-order valence-corrected chi connectivity index (χ4v) is 6.15. The number of benzene rings is 1. The van der Waals surface area contributed by atoms with Gasteiger partial charge in [0.15, 0.2) is 15.7 Å². The van der Waals surface area contributed by atoms with Gasteiger partial charge < -0.3 is 9.88 Å². The molecule has 0 bridgehead atoms. The Kier molecular flexibility index (Phi) is 6.94. The Bertz CT molecular complexity index is 1850. The van der Waals surface area contributed by atoms with E-state index in [1.807, 2.05) is 0 Å². The average Bonchev–Trinajstić information content (AvgIpc) is 3.17. The molecule has 0 saturated carbocycles. The molecular weight excluding hydrogens is 556 g/mol. The highest BCUT2D eigenvalue weighted by molar-refractivity contribution is 7.90. The van der Waals surface area contributed by atoms with E-state index in [-0.39, 0.29) is 34.8 Å². The van der Waals surface area contributed by atoms with Crippen molar-refractivity contribution in [2.24, 2.45) is 0 Å². The molecule has 1 atom stereocenters. The third-order valence-corrected chi connectivity index (χ3v) is 8.03. The number of aryl methyl sites for hydroxylation is 1. The summed E-state index contributed by atoms with van der Waals surface area (Å²) < 4.78 is 79.9. The summed E-state index contributed by atoms with van der Waals surface area (Å²) in [6.45, 7) is 1.85. The molecule has 5 rings (SSSR count). The molecule has 0 spiro atoms. The van der Waals surface area contributed by atoms with Crippen LogP contribution in [0.3, 0.4) is 0 Å². The lowest BCUT2D eigenvalue weighted by atomic mass is 10.1. The molecule has 0 saturated heterocycles. The first-order valence-electron chi connectivity index (χ1n) is 12.1. The number of anilines is 1. The SMILES string of the molecule is CC(CCCn1ccc2cc(-c3ncc4c(n3)CS(=O)(=O)C4)c(F)cc2c1=O)Nc1cn[nH]c(=O)c1C(F)(F)F. The van der Waals surface area contributed by atoms with Crippen LogP contribution in [-0.4, -0.2) is 39.2 Å². The maximum atomic E-state index is 15.1. The Morgan fingerprint density at radius 3 is 2.70 bits per heavy atom. The van der Waals surface area contributed by atoms with Crippen molar-refractivity contribution >= 4 is 26.3 Å². The summed E-state index contributed by atoms with van der Waals surface area (Å²) >= 11 is 0. The second-order valence-electron chi connectivity index (χ2n) is 9.60. The molecule has 3 aromatic heterocycles. The van der Waals surface area contributed by atoms with Crippen molar-refractivity contribution in [1.82, 2.24) is 24.7 Å². The van der Waals surface area contributed by atoms with Crippen LogP contribution in [-0.2, 0) is 34.1 Å². The van der Waals surface area contributed by atoms with Gasteiger partial charge in [0, 0.05) is 30.5 Å². The lowest BCUT2D eigenvalue weighted by Crippen LogP contribution is -2.27. The Hall–Kier alpha value is -4.14. The molecular formula is C25H22F4N6O4S. The quantitative estimate of drug-likeness (QED) is 0.318. The minimum atomic E-state index is -4.86. The van der Waals surface area contributed by atoms with Crippen molar-refractivity contribution in [2.45, 2.75) is 50.0 Å². The van der Waals surface area contributed by atoms with Crippen LogP contribution in [0.15, 0.2) is 46.4 Å².